The fourth-order valence-electron chi connectivity index (χ4n) is 3.09. The number of anilines is 1. The average Bonchev–Trinajstić information content (AvgIpc) is 3.06. The fraction of sp³-hybridized carbons (Fsp3) is 0.562. The molecule has 1 aliphatic heterocycles. The Morgan fingerprint density at radius 2 is 2.21 bits per heavy atom. The second kappa shape index (κ2) is 7.21. The van der Waals surface area contributed by atoms with Gasteiger partial charge in [0.2, 0.25) is 0 Å². The molecule has 3 heterocycles. The van der Waals surface area contributed by atoms with E-state index in [1.165, 1.54) is 11.5 Å². The van der Waals surface area contributed by atoms with Crippen LogP contribution in [0.2, 0.25) is 0 Å². The summed E-state index contributed by atoms with van der Waals surface area (Å²) in [5, 5.41) is 4.12. The van der Waals surface area contributed by atoms with E-state index in [1.807, 2.05) is 18.7 Å². The third-order valence-electron chi connectivity index (χ3n) is 4.35. The van der Waals surface area contributed by atoms with Gasteiger partial charge in [0, 0.05) is 25.5 Å². The van der Waals surface area contributed by atoms with E-state index in [-0.39, 0.29) is 11.8 Å². The van der Waals surface area contributed by atoms with Crippen LogP contribution in [0.1, 0.15) is 53.7 Å². The van der Waals surface area contributed by atoms with E-state index < -0.39 is 0 Å². The third kappa shape index (κ3) is 3.53. The van der Waals surface area contributed by atoms with E-state index in [2.05, 4.69) is 19.6 Å². The molecule has 2 N–H and O–H groups in total. The molecule has 24 heavy (non-hydrogen) atoms. The minimum atomic E-state index is 0.0468. The van der Waals surface area contributed by atoms with Gasteiger partial charge in [-0.1, -0.05) is 18.3 Å². The predicted octanol–water partition coefficient (Wildman–Crippen LogP) is 2.13. The molecule has 1 aliphatic rings. The monoisotopic (exact) mass is 346 g/mol. The van der Waals surface area contributed by atoms with Gasteiger partial charge in [0.05, 0.1) is 11.4 Å². The average molecular weight is 346 g/mol. The Labute approximate surface area is 145 Å². The summed E-state index contributed by atoms with van der Waals surface area (Å²) in [7, 11) is 0. The summed E-state index contributed by atoms with van der Waals surface area (Å²) >= 11 is 1.19. The lowest BCUT2D eigenvalue weighted by Gasteiger charge is -2.32. The third-order valence-corrected chi connectivity index (χ3v) is 5.08. The molecule has 8 heteroatoms. The summed E-state index contributed by atoms with van der Waals surface area (Å²) < 4.78 is 3.97. The van der Waals surface area contributed by atoms with Gasteiger partial charge in [-0.3, -0.25) is 9.78 Å². The van der Waals surface area contributed by atoms with Crippen LogP contribution in [-0.2, 0) is 6.42 Å². The molecule has 3 rings (SSSR count). The molecule has 2 aromatic heterocycles. The summed E-state index contributed by atoms with van der Waals surface area (Å²) in [6.07, 6.45) is 6.06. The van der Waals surface area contributed by atoms with Gasteiger partial charge in [-0.15, -0.1) is 5.10 Å². The number of carbonyl (C=O) groups is 1. The first-order valence-corrected chi connectivity index (χ1v) is 9.00. The lowest BCUT2D eigenvalue weighted by atomic mass is 9.93. The van der Waals surface area contributed by atoms with Crippen LogP contribution in [0.5, 0.6) is 0 Å². The Morgan fingerprint density at radius 3 is 2.96 bits per heavy atom. The smallest absolute Gasteiger partial charge is 0.267 e. The topological polar surface area (TPSA) is 97.9 Å². The molecular weight excluding hydrogens is 324 g/mol. The Balaban J connectivity index is 1.70. The second-order valence-corrected chi connectivity index (χ2v) is 7.25. The number of nitrogens with two attached hydrogens (primary N) is 1. The molecule has 0 bridgehead atoms. The number of rotatable bonds is 4. The maximum atomic E-state index is 12.9. The quantitative estimate of drug-likeness (QED) is 0.910. The molecule has 1 saturated heterocycles. The maximum absolute atomic E-state index is 12.9. The van der Waals surface area contributed by atoms with Gasteiger partial charge >= 0.3 is 0 Å². The van der Waals surface area contributed by atoms with E-state index in [0.717, 1.165) is 37.2 Å². The van der Waals surface area contributed by atoms with Gasteiger partial charge in [0.25, 0.3) is 5.91 Å². The van der Waals surface area contributed by atoms with E-state index in [9.17, 15) is 4.79 Å². The number of aromatic nitrogens is 4. The standard InChI is InChI=1S/C16H22N6OS/c1-10(2)13-14(24-21-20-13)16(23)22-7-3-4-11(9-22)8-12-15(17)19-6-5-18-12/h5-6,10-11H,3-4,7-9H2,1-2H3,(H2,17,19)/t11-/m0/s1. The SMILES string of the molecule is CC(C)c1nnsc1C(=O)N1CCC[C@@H](Cc2nccnc2N)C1. The molecule has 0 unspecified atom stereocenters. The molecule has 7 nitrogen and oxygen atoms in total. The van der Waals surface area contributed by atoms with Crippen molar-refractivity contribution in [2.24, 2.45) is 5.92 Å². The zero-order valence-corrected chi connectivity index (χ0v) is 14.8. The zero-order chi connectivity index (χ0) is 17.1. The van der Waals surface area contributed by atoms with Gasteiger partial charge in [0.1, 0.15) is 10.7 Å². The molecule has 0 radical (unpaired) electrons. The van der Waals surface area contributed by atoms with E-state index >= 15 is 0 Å². The summed E-state index contributed by atoms with van der Waals surface area (Å²) in [6, 6.07) is 0. The van der Waals surface area contributed by atoms with Crippen LogP contribution < -0.4 is 5.73 Å². The highest BCUT2D eigenvalue weighted by molar-refractivity contribution is 7.08. The van der Waals surface area contributed by atoms with Gasteiger partial charge in [0.15, 0.2) is 0 Å². The number of hydrogen-bond acceptors (Lipinski definition) is 7. The van der Waals surface area contributed by atoms with Crippen LogP contribution in [0, 0.1) is 5.92 Å². The molecule has 128 valence electrons. The number of piperidine rings is 1. The van der Waals surface area contributed by atoms with Gasteiger partial charge in [-0.25, -0.2) is 4.98 Å². The second-order valence-electron chi connectivity index (χ2n) is 6.49. The van der Waals surface area contributed by atoms with Crippen LogP contribution >= 0.6 is 11.5 Å². The number of nitrogens with zero attached hydrogens (tertiary/aromatic N) is 5. The van der Waals surface area contributed by atoms with Crippen molar-refractivity contribution in [3.8, 4) is 0 Å². The molecule has 1 atom stereocenters. The highest BCUT2D eigenvalue weighted by Crippen LogP contribution is 2.26. The first-order chi connectivity index (χ1) is 11.6. The van der Waals surface area contributed by atoms with Crippen LogP contribution in [0.25, 0.3) is 0 Å². The number of nitrogen functional groups attached to an aromatic ring is 1. The summed E-state index contributed by atoms with van der Waals surface area (Å²) in [5.41, 5.74) is 7.51. The van der Waals surface area contributed by atoms with Crippen molar-refractivity contribution in [2.45, 2.75) is 39.0 Å². The Bertz CT molecular complexity index is 716. The van der Waals surface area contributed by atoms with Gasteiger partial charge in [-0.05, 0) is 42.6 Å². The number of carbonyl (C=O) groups excluding carboxylic acids is 1. The highest BCUT2D eigenvalue weighted by Gasteiger charge is 2.29. The van der Waals surface area contributed by atoms with Gasteiger partial charge in [-0.2, -0.15) is 0 Å². The van der Waals surface area contributed by atoms with Crippen LogP contribution in [-0.4, -0.2) is 43.5 Å². The summed E-state index contributed by atoms with van der Waals surface area (Å²) in [5.74, 6) is 1.08. The maximum Gasteiger partial charge on any atom is 0.267 e. The first-order valence-electron chi connectivity index (χ1n) is 8.23. The van der Waals surface area contributed by atoms with Crippen LogP contribution in [0.3, 0.4) is 0 Å². The normalized spacial score (nSPS) is 18.1. The molecule has 0 aromatic carbocycles. The minimum absolute atomic E-state index is 0.0468. The summed E-state index contributed by atoms with van der Waals surface area (Å²) in [4.78, 5) is 23.9. The zero-order valence-electron chi connectivity index (χ0n) is 14.0. The number of hydrogen-bond donors (Lipinski definition) is 1. The van der Waals surface area contributed by atoms with Crippen molar-refractivity contribution in [1.29, 1.82) is 0 Å². The van der Waals surface area contributed by atoms with Crippen molar-refractivity contribution in [3.05, 3.63) is 28.7 Å². The fourth-order valence-corrected chi connectivity index (χ4v) is 3.88. The molecule has 0 aliphatic carbocycles. The summed E-state index contributed by atoms with van der Waals surface area (Å²) in [6.45, 7) is 5.55. The Kier molecular flexibility index (Phi) is 5.03. The van der Waals surface area contributed by atoms with E-state index in [0.29, 0.717) is 23.2 Å². The Hall–Kier alpha value is -2.09. The molecule has 1 fully saturated rings. The molecule has 0 spiro atoms. The van der Waals surface area contributed by atoms with Crippen molar-refractivity contribution in [1.82, 2.24) is 24.5 Å². The minimum Gasteiger partial charge on any atom is -0.382 e. The van der Waals surface area contributed by atoms with Crippen molar-refractivity contribution in [2.75, 3.05) is 18.8 Å². The largest absolute Gasteiger partial charge is 0.382 e. The number of amides is 1. The number of likely N-dealkylation sites (tertiary alicyclic amines) is 1. The molecule has 1 amide bonds. The van der Waals surface area contributed by atoms with Crippen LogP contribution in [0.4, 0.5) is 5.82 Å². The lowest BCUT2D eigenvalue weighted by Crippen LogP contribution is -2.40. The molecular formula is C16H22N6OS. The molecule has 0 saturated carbocycles. The first kappa shape index (κ1) is 16.8. The lowest BCUT2D eigenvalue weighted by molar-refractivity contribution is 0.0676. The van der Waals surface area contributed by atoms with Crippen molar-refractivity contribution < 1.29 is 4.79 Å². The highest BCUT2D eigenvalue weighted by atomic mass is 32.1. The molecule has 2 aromatic rings. The van der Waals surface area contributed by atoms with Crippen molar-refractivity contribution >= 4 is 23.3 Å². The van der Waals surface area contributed by atoms with E-state index in [1.54, 1.807) is 12.4 Å². The van der Waals surface area contributed by atoms with Crippen molar-refractivity contribution in [3.63, 3.8) is 0 Å². The predicted molar refractivity (Wildman–Crippen MR) is 92.8 cm³/mol. The Morgan fingerprint density at radius 1 is 1.42 bits per heavy atom. The van der Waals surface area contributed by atoms with Crippen LogP contribution in [0.15, 0.2) is 12.4 Å². The van der Waals surface area contributed by atoms with E-state index in [4.69, 9.17) is 5.73 Å². The van der Waals surface area contributed by atoms with Gasteiger partial charge < -0.3 is 10.6 Å².